The molecule has 78 valence electrons. The monoisotopic (exact) mass is 199 g/mol. The highest BCUT2D eigenvalue weighted by Gasteiger charge is 2.07. The lowest BCUT2D eigenvalue weighted by Gasteiger charge is -2.02. The fourth-order valence-electron chi connectivity index (χ4n) is 0.824. The van der Waals surface area contributed by atoms with Crippen LogP contribution < -0.4 is 5.48 Å². The first kappa shape index (κ1) is 10.7. The number of aryl methyl sites for hydroxylation is 1. The van der Waals surface area contributed by atoms with E-state index in [4.69, 9.17) is 9.57 Å². The Labute approximate surface area is 81.8 Å². The van der Waals surface area contributed by atoms with E-state index >= 15 is 0 Å². The summed E-state index contributed by atoms with van der Waals surface area (Å²) in [4.78, 5) is 19.9. The SMILES string of the molecule is COCCONC(=O)c1cn(C)cn1. The van der Waals surface area contributed by atoms with Crippen LogP contribution in [-0.4, -0.2) is 35.8 Å². The van der Waals surface area contributed by atoms with Gasteiger partial charge in [-0.1, -0.05) is 0 Å². The van der Waals surface area contributed by atoms with Crippen LogP contribution in [0.4, 0.5) is 0 Å². The molecule has 0 aliphatic rings. The zero-order valence-corrected chi connectivity index (χ0v) is 8.19. The van der Waals surface area contributed by atoms with Crippen LogP contribution in [0.3, 0.4) is 0 Å². The van der Waals surface area contributed by atoms with Crippen molar-refractivity contribution >= 4 is 5.91 Å². The molecule has 0 bridgehead atoms. The normalized spacial score (nSPS) is 10.1. The number of amides is 1. The van der Waals surface area contributed by atoms with Gasteiger partial charge in [0.25, 0.3) is 5.91 Å². The van der Waals surface area contributed by atoms with Crippen LogP contribution in [0, 0.1) is 0 Å². The lowest BCUT2D eigenvalue weighted by atomic mass is 10.5. The van der Waals surface area contributed by atoms with E-state index in [9.17, 15) is 4.79 Å². The number of hydrogen-bond acceptors (Lipinski definition) is 4. The molecular weight excluding hydrogens is 186 g/mol. The highest BCUT2D eigenvalue weighted by molar-refractivity contribution is 5.91. The number of aromatic nitrogens is 2. The van der Waals surface area contributed by atoms with Crippen molar-refractivity contribution in [1.29, 1.82) is 0 Å². The second kappa shape index (κ2) is 5.36. The minimum absolute atomic E-state index is 0.315. The predicted molar refractivity (Wildman–Crippen MR) is 48.5 cm³/mol. The van der Waals surface area contributed by atoms with Crippen molar-refractivity contribution < 1.29 is 14.4 Å². The topological polar surface area (TPSA) is 65.4 Å². The number of nitrogens with one attached hydrogen (secondary N) is 1. The number of nitrogens with zero attached hydrogens (tertiary/aromatic N) is 2. The average Bonchev–Trinajstić information content (AvgIpc) is 2.59. The quantitative estimate of drug-likeness (QED) is 0.523. The van der Waals surface area contributed by atoms with Crippen molar-refractivity contribution in [1.82, 2.24) is 15.0 Å². The molecule has 0 aliphatic carbocycles. The lowest BCUT2D eigenvalue weighted by Crippen LogP contribution is -2.25. The van der Waals surface area contributed by atoms with Crippen molar-refractivity contribution in [3.8, 4) is 0 Å². The summed E-state index contributed by atoms with van der Waals surface area (Å²) < 4.78 is 6.42. The third kappa shape index (κ3) is 3.15. The van der Waals surface area contributed by atoms with Gasteiger partial charge in [-0.3, -0.25) is 9.63 Å². The van der Waals surface area contributed by atoms with Gasteiger partial charge in [0.15, 0.2) is 0 Å². The fourth-order valence-corrected chi connectivity index (χ4v) is 0.824. The first-order valence-electron chi connectivity index (χ1n) is 4.13. The largest absolute Gasteiger partial charge is 0.382 e. The van der Waals surface area contributed by atoms with Gasteiger partial charge in [0.1, 0.15) is 5.69 Å². The van der Waals surface area contributed by atoms with Gasteiger partial charge in [-0.2, -0.15) is 0 Å². The van der Waals surface area contributed by atoms with E-state index in [1.54, 1.807) is 31.2 Å². The molecule has 0 spiro atoms. The van der Waals surface area contributed by atoms with Crippen molar-refractivity contribution in [2.45, 2.75) is 0 Å². The molecule has 0 saturated heterocycles. The standard InChI is InChI=1S/C8H13N3O3/c1-11-5-7(9-6-11)8(12)10-14-4-3-13-2/h5-6H,3-4H2,1-2H3,(H,10,12). The molecular formula is C8H13N3O3. The van der Waals surface area contributed by atoms with Crippen molar-refractivity contribution in [2.75, 3.05) is 20.3 Å². The molecule has 0 unspecified atom stereocenters. The highest BCUT2D eigenvalue weighted by Crippen LogP contribution is 1.93. The van der Waals surface area contributed by atoms with Crippen molar-refractivity contribution in [3.63, 3.8) is 0 Å². The van der Waals surface area contributed by atoms with Crippen molar-refractivity contribution in [2.24, 2.45) is 7.05 Å². The Morgan fingerprint density at radius 1 is 1.64 bits per heavy atom. The minimum atomic E-state index is -0.360. The number of ether oxygens (including phenoxy) is 1. The van der Waals surface area contributed by atoms with Crippen LogP contribution in [0.2, 0.25) is 0 Å². The Kier molecular flexibility index (Phi) is 4.09. The highest BCUT2D eigenvalue weighted by atomic mass is 16.7. The van der Waals surface area contributed by atoms with Crippen LogP contribution in [0.15, 0.2) is 12.5 Å². The number of hydroxylamine groups is 1. The van der Waals surface area contributed by atoms with Gasteiger partial charge in [-0.05, 0) is 0 Å². The summed E-state index contributed by atoms with van der Waals surface area (Å²) in [6, 6.07) is 0. The Hall–Kier alpha value is -1.40. The first-order valence-corrected chi connectivity index (χ1v) is 4.13. The predicted octanol–water partition coefficient (Wildman–Crippen LogP) is -0.272. The minimum Gasteiger partial charge on any atom is -0.382 e. The maximum Gasteiger partial charge on any atom is 0.295 e. The van der Waals surface area contributed by atoms with Crippen LogP contribution in [0.1, 0.15) is 10.5 Å². The average molecular weight is 199 g/mol. The lowest BCUT2D eigenvalue weighted by molar-refractivity contribution is 0.00860. The molecule has 0 aliphatic heterocycles. The molecule has 6 heteroatoms. The smallest absolute Gasteiger partial charge is 0.295 e. The Bertz CT molecular complexity index is 298. The Morgan fingerprint density at radius 2 is 2.43 bits per heavy atom. The molecule has 14 heavy (non-hydrogen) atoms. The number of hydrogen-bond donors (Lipinski definition) is 1. The number of imidazole rings is 1. The maximum absolute atomic E-state index is 11.3. The number of carbonyl (C=O) groups excluding carboxylic acids is 1. The maximum atomic E-state index is 11.3. The summed E-state index contributed by atoms with van der Waals surface area (Å²) in [5.74, 6) is -0.360. The second-order valence-corrected chi connectivity index (χ2v) is 2.70. The summed E-state index contributed by atoms with van der Waals surface area (Å²) in [7, 11) is 3.35. The van der Waals surface area contributed by atoms with E-state index in [-0.39, 0.29) is 5.91 Å². The first-order chi connectivity index (χ1) is 6.74. The molecule has 1 N–H and O–H groups in total. The van der Waals surface area contributed by atoms with E-state index in [1.807, 2.05) is 0 Å². The van der Waals surface area contributed by atoms with Gasteiger partial charge in [-0.25, -0.2) is 10.5 Å². The molecule has 0 fully saturated rings. The molecule has 0 aromatic carbocycles. The molecule has 1 amide bonds. The van der Waals surface area contributed by atoms with Gasteiger partial charge in [0, 0.05) is 20.4 Å². The van der Waals surface area contributed by atoms with Crippen LogP contribution >= 0.6 is 0 Å². The van der Waals surface area contributed by atoms with E-state index in [0.29, 0.717) is 18.9 Å². The summed E-state index contributed by atoms with van der Waals surface area (Å²) in [5.41, 5.74) is 2.58. The van der Waals surface area contributed by atoms with E-state index in [2.05, 4.69) is 10.5 Å². The van der Waals surface area contributed by atoms with E-state index in [0.717, 1.165) is 0 Å². The van der Waals surface area contributed by atoms with Gasteiger partial charge >= 0.3 is 0 Å². The van der Waals surface area contributed by atoms with E-state index in [1.165, 1.54) is 0 Å². The number of carbonyl (C=O) groups is 1. The molecule has 6 nitrogen and oxygen atoms in total. The van der Waals surface area contributed by atoms with Gasteiger partial charge in [0.2, 0.25) is 0 Å². The number of rotatable bonds is 5. The van der Waals surface area contributed by atoms with Gasteiger partial charge in [0.05, 0.1) is 19.5 Å². The zero-order chi connectivity index (χ0) is 10.4. The fraction of sp³-hybridized carbons (Fsp3) is 0.500. The van der Waals surface area contributed by atoms with Gasteiger partial charge in [-0.15, -0.1) is 0 Å². The molecule has 0 radical (unpaired) electrons. The molecule has 0 atom stereocenters. The third-order valence-electron chi connectivity index (χ3n) is 1.49. The van der Waals surface area contributed by atoms with Crippen LogP contribution in [0.25, 0.3) is 0 Å². The third-order valence-corrected chi connectivity index (χ3v) is 1.49. The summed E-state index contributed by atoms with van der Waals surface area (Å²) >= 11 is 0. The molecule has 1 aromatic heterocycles. The Balaban J connectivity index is 2.29. The van der Waals surface area contributed by atoms with E-state index < -0.39 is 0 Å². The zero-order valence-electron chi connectivity index (χ0n) is 8.19. The van der Waals surface area contributed by atoms with Crippen LogP contribution in [0.5, 0.6) is 0 Å². The summed E-state index contributed by atoms with van der Waals surface area (Å²) in [6.07, 6.45) is 3.15. The van der Waals surface area contributed by atoms with Crippen LogP contribution in [-0.2, 0) is 16.6 Å². The molecule has 1 rings (SSSR count). The van der Waals surface area contributed by atoms with Crippen molar-refractivity contribution in [3.05, 3.63) is 18.2 Å². The second-order valence-electron chi connectivity index (χ2n) is 2.70. The molecule has 1 aromatic rings. The summed E-state index contributed by atoms with van der Waals surface area (Å²) in [6.45, 7) is 0.748. The summed E-state index contributed by atoms with van der Waals surface area (Å²) in [5, 5.41) is 0. The number of methoxy groups -OCH3 is 1. The molecule has 1 heterocycles. The Morgan fingerprint density at radius 3 is 3.00 bits per heavy atom. The van der Waals surface area contributed by atoms with Gasteiger partial charge < -0.3 is 9.30 Å². The molecule has 0 saturated carbocycles.